The van der Waals surface area contributed by atoms with E-state index in [1.165, 1.54) is 0 Å². The van der Waals surface area contributed by atoms with Crippen molar-refractivity contribution in [3.05, 3.63) is 5.51 Å². The van der Waals surface area contributed by atoms with Crippen LogP contribution in [0.15, 0.2) is 9.85 Å². The number of thioether (sulfide) groups is 1. The van der Waals surface area contributed by atoms with E-state index in [9.17, 15) is 5.11 Å². The lowest BCUT2D eigenvalue weighted by atomic mass is 9.96. The number of hydrogen-bond acceptors (Lipinski definition) is 6. The molecule has 0 aliphatic carbocycles. The maximum atomic E-state index is 9.43. The van der Waals surface area contributed by atoms with Crippen LogP contribution < -0.4 is 5.32 Å². The number of nitrogens with one attached hydrogen (secondary N) is 1. The summed E-state index contributed by atoms with van der Waals surface area (Å²) in [7, 11) is 0. The number of aromatic nitrogens is 2. The molecule has 1 heterocycles. The van der Waals surface area contributed by atoms with Gasteiger partial charge in [0, 0.05) is 11.3 Å². The largest absolute Gasteiger partial charge is 0.394 e. The zero-order valence-electron chi connectivity index (χ0n) is 11.2. The number of aliphatic hydroxyl groups is 1. The third-order valence-electron chi connectivity index (χ3n) is 2.84. The summed E-state index contributed by atoms with van der Waals surface area (Å²) in [5.41, 5.74) is 1.64. The van der Waals surface area contributed by atoms with Crippen molar-refractivity contribution in [2.75, 3.05) is 18.9 Å². The minimum Gasteiger partial charge on any atom is -0.394 e. The monoisotopic (exact) mass is 289 g/mol. The summed E-state index contributed by atoms with van der Waals surface area (Å²) >= 11 is 3.36. The quantitative estimate of drug-likeness (QED) is 0.512. The topological polar surface area (TPSA) is 58.0 Å². The summed E-state index contributed by atoms with van der Waals surface area (Å²) in [6, 6.07) is 0. The molecule has 0 saturated carbocycles. The van der Waals surface area contributed by atoms with E-state index in [4.69, 9.17) is 0 Å². The highest BCUT2D eigenvalue weighted by Gasteiger charge is 2.21. The lowest BCUT2D eigenvalue weighted by Crippen LogP contribution is -2.46. The molecule has 0 aliphatic heterocycles. The zero-order chi connectivity index (χ0) is 13.3. The average molecular weight is 289 g/mol. The van der Waals surface area contributed by atoms with Gasteiger partial charge in [-0.15, -0.1) is 10.2 Å². The van der Waals surface area contributed by atoms with E-state index in [2.05, 4.69) is 29.4 Å². The van der Waals surface area contributed by atoms with Gasteiger partial charge >= 0.3 is 0 Å². The SMILES string of the molecule is CCCNC(C)(CO)CCCCSc1nncs1. The average Bonchev–Trinajstić information content (AvgIpc) is 2.89. The predicted octanol–water partition coefficient (Wildman–Crippen LogP) is 2.55. The van der Waals surface area contributed by atoms with E-state index in [0.717, 1.165) is 42.3 Å². The maximum Gasteiger partial charge on any atom is 0.174 e. The first-order valence-corrected chi connectivity index (χ1v) is 8.31. The molecule has 0 spiro atoms. The zero-order valence-corrected chi connectivity index (χ0v) is 12.8. The normalized spacial score (nSPS) is 14.6. The van der Waals surface area contributed by atoms with Crippen molar-refractivity contribution in [2.45, 2.75) is 49.4 Å². The van der Waals surface area contributed by atoms with Gasteiger partial charge in [0.05, 0.1) is 6.61 Å². The van der Waals surface area contributed by atoms with Crippen LogP contribution in [0.25, 0.3) is 0 Å². The molecule has 0 aliphatic rings. The number of hydrogen-bond donors (Lipinski definition) is 2. The second-order valence-corrected chi connectivity index (χ2v) is 6.83. The van der Waals surface area contributed by atoms with Gasteiger partial charge < -0.3 is 10.4 Å². The number of rotatable bonds is 10. The Morgan fingerprint density at radius 2 is 2.33 bits per heavy atom. The molecule has 1 atom stereocenters. The van der Waals surface area contributed by atoms with E-state index >= 15 is 0 Å². The third-order valence-corrected chi connectivity index (χ3v) is 4.79. The molecule has 18 heavy (non-hydrogen) atoms. The summed E-state index contributed by atoms with van der Waals surface area (Å²) < 4.78 is 1.05. The van der Waals surface area contributed by atoms with E-state index in [0.29, 0.717) is 0 Å². The molecule has 1 aromatic heterocycles. The standard InChI is InChI=1S/C12H23N3OS2/c1-3-7-13-12(2,9-16)6-4-5-8-17-11-15-14-10-18-11/h10,13,16H,3-9H2,1-2H3. The van der Waals surface area contributed by atoms with Crippen LogP contribution in [0.5, 0.6) is 0 Å². The summed E-state index contributed by atoms with van der Waals surface area (Å²) in [6.07, 6.45) is 4.38. The van der Waals surface area contributed by atoms with Crippen molar-refractivity contribution in [1.29, 1.82) is 0 Å². The van der Waals surface area contributed by atoms with E-state index in [-0.39, 0.29) is 12.1 Å². The van der Waals surface area contributed by atoms with Gasteiger partial charge in [0.2, 0.25) is 0 Å². The molecule has 6 heteroatoms. The Kier molecular flexibility index (Phi) is 7.81. The second-order valence-electron chi connectivity index (χ2n) is 4.66. The van der Waals surface area contributed by atoms with Crippen LogP contribution in [0.1, 0.15) is 39.5 Å². The van der Waals surface area contributed by atoms with Crippen LogP contribution >= 0.6 is 23.1 Å². The first-order valence-electron chi connectivity index (χ1n) is 6.45. The van der Waals surface area contributed by atoms with Crippen molar-refractivity contribution in [3.63, 3.8) is 0 Å². The molecule has 4 nitrogen and oxygen atoms in total. The Morgan fingerprint density at radius 3 is 2.94 bits per heavy atom. The smallest absolute Gasteiger partial charge is 0.174 e. The molecule has 104 valence electrons. The van der Waals surface area contributed by atoms with Crippen LogP contribution in [0.3, 0.4) is 0 Å². The minimum atomic E-state index is -0.122. The summed E-state index contributed by atoms with van der Waals surface area (Å²) in [5.74, 6) is 1.07. The van der Waals surface area contributed by atoms with Crippen LogP contribution in [-0.2, 0) is 0 Å². The molecule has 0 aromatic carbocycles. The van der Waals surface area contributed by atoms with Gasteiger partial charge in [0.15, 0.2) is 4.34 Å². The first-order chi connectivity index (χ1) is 8.70. The molecule has 0 fully saturated rings. The lowest BCUT2D eigenvalue weighted by molar-refractivity contribution is 0.163. The third kappa shape index (κ3) is 6.13. The Morgan fingerprint density at radius 1 is 1.50 bits per heavy atom. The van der Waals surface area contributed by atoms with E-state index in [1.54, 1.807) is 28.6 Å². The molecule has 1 rings (SSSR count). The molecule has 0 bridgehead atoms. The lowest BCUT2D eigenvalue weighted by Gasteiger charge is -2.28. The molecular formula is C12H23N3OS2. The van der Waals surface area contributed by atoms with Gasteiger partial charge in [-0.05, 0) is 32.7 Å². The number of unbranched alkanes of at least 4 members (excludes halogenated alkanes) is 1. The molecule has 0 amide bonds. The maximum absolute atomic E-state index is 9.43. The predicted molar refractivity (Wildman–Crippen MR) is 78.3 cm³/mol. The molecule has 2 N–H and O–H groups in total. The van der Waals surface area contributed by atoms with Gasteiger partial charge in [0.1, 0.15) is 5.51 Å². The fraction of sp³-hybridized carbons (Fsp3) is 0.833. The Balaban J connectivity index is 2.11. The Hall–Kier alpha value is -0.170. The molecular weight excluding hydrogens is 266 g/mol. The Labute approximate surface area is 118 Å². The molecule has 0 saturated heterocycles. The van der Waals surface area contributed by atoms with Crippen LogP contribution in [0, 0.1) is 0 Å². The van der Waals surface area contributed by atoms with Gasteiger partial charge in [-0.3, -0.25) is 0 Å². The highest BCUT2D eigenvalue weighted by molar-refractivity contribution is 8.00. The van der Waals surface area contributed by atoms with Crippen LogP contribution in [0.4, 0.5) is 0 Å². The van der Waals surface area contributed by atoms with Crippen molar-refractivity contribution in [3.8, 4) is 0 Å². The van der Waals surface area contributed by atoms with Crippen LogP contribution in [-0.4, -0.2) is 39.7 Å². The Bertz CT molecular complexity index is 308. The van der Waals surface area contributed by atoms with Gasteiger partial charge in [-0.25, -0.2) is 0 Å². The summed E-state index contributed by atoms with van der Waals surface area (Å²) in [4.78, 5) is 0. The second kappa shape index (κ2) is 8.85. The van der Waals surface area contributed by atoms with Crippen LogP contribution in [0.2, 0.25) is 0 Å². The number of aliphatic hydroxyl groups excluding tert-OH is 1. The van der Waals surface area contributed by atoms with E-state index in [1.807, 2.05) is 0 Å². The molecule has 1 unspecified atom stereocenters. The fourth-order valence-corrected chi connectivity index (χ4v) is 3.21. The van der Waals surface area contributed by atoms with Gasteiger partial charge in [-0.2, -0.15) is 0 Å². The highest BCUT2D eigenvalue weighted by atomic mass is 32.2. The van der Waals surface area contributed by atoms with Crippen molar-refractivity contribution in [1.82, 2.24) is 15.5 Å². The molecule has 1 aromatic rings. The fourth-order valence-electron chi connectivity index (χ4n) is 1.65. The first kappa shape index (κ1) is 15.9. The van der Waals surface area contributed by atoms with Crippen molar-refractivity contribution < 1.29 is 5.11 Å². The van der Waals surface area contributed by atoms with Gasteiger partial charge in [0.25, 0.3) is 0 Å². The summed E-state index contributed by atoms with van der Waals surface area (Å²) in [5, 5.41) is 20.7. The number of nitrogens with zero attached hydrogens (tertiary/aromatic N) is 2. The van der Waals surface area contributed by atoms with Gasteiger partial charge in [-0.1, -0.05) is 36.4 Å². The minimum absolute atomic E-state index is 0.122. The van der Waals surface area contributed by atoms with Crippen molar-refractivity contribution >= 4 is 23.1 Å². The highest BCUT2D eigenvalue weighted by Crippen LogP contribution is 2.21. The molecule has 0 radical (unpaired) electrons. The van der Waals surface area contributed by atoms with Crippen molar-refractivity contribution in [2.24, 2.45) is 0 Å². The van der Waals surface area contributed by atoms with E-state index < -0.39 is 0 Å². The summed E-state index contributed by atoms with van der Waals surface area (Å²) in [6.45, 7) is 5.41.